The second-order valence-corrected chi connectivity index (χ2v) is 8.70. The second kappa shape index (κ2) is 8.33. The first-order valence-corrected chi connectivity index (χ1v) is 9.81. The number of urea groups is 1. The Bertz CT molecular complexity index is 849. The predicted molar refractivity (Wildman–Crippen MR) is 103 cm³/mol. The van der Waals surface area contributed by atoms with Gasteiger partial charge < -0.3 is 10.6 Å². The van der Waals surface area contributed by atoms with Gasteiger partial charge in [0.05, 0.1) is 10.9 Å². The lowest BCUT2D eigenvalue weighted by Gasteiger charge is -2.23. The van der Waals surface area contributed by atoms with Crippen molar-refractivity contribution < 1.29 is 13.2 Å². The molecule has 2 amide bonds. The lowest BCUT2D eigenvalue weighted by Crippen LogP contribution is -2.35. The zero-order valence-electron chi connectivity index (χ0n) is 15.4. The highest BCUT2D eigenvalue weighted by atomic mass is 32.2. The first-order valence-electron chi connectivity index (χ1n) is 8.37. The van der Waals surface area contributed by atoms with Crippen LogP contribution in [0.15, 0.2) is 59.5 Å². The number of nitrogens with zero attached hydrogens (tertiary/aromatic N) is 1. The van der Waals surface area contributed by atoms with Crippen LogP contribution in [-0.2, 0) is 10.0 Å². The van der Waals surface area contributed by atoms with E-state index in [1.165, 1.54) is 26.2 Å². The molecule has 2 N–H and O–H groups in total. The molecule has 0 saturated carbocycles. The van der Waals surface area contributed by atoms with Crippen molar-refractivity contribution in [1.82, 2.24) is 9.62 Å². The Labute approximate surface area is 155 Å². The van der Waals surface area contributed by atoms with Gasteiger partial charge in [0.15, 0.2) is 0 Å². The Kier molecular flexibility index (Phi) is 6.39. The van der Waals surface area contributed by atoms with Crippen LogP contribution in [0.5, 0.6) is 0 Å². The highest BCUT2D eigenvalue weighted by molar-refractivity contribution is 7.89. The van der Waals surface area contributed by atoms with Crippen molar-refractivity contribution in [2.24, 2.45) is 5.92 Å². The molecule has 0 aliphatic heterocycles. The smallest absolute Gasteiger partial charge is 0.319 e. The third kappa shape index (κ3) is 4.83. The summed E-state index contributed by atoms with van der Waals surface area (Å²) in [7, 11) is -0.618. The van der Waals surface area contributed by atoms with Crippen molar-refractivity contribution in [3.8, 4) is 0 Å². The molecular formula is C19H25N3O3S. The maximum atomic E-state index is 12.4. The Hall–Kier alpha value is -2.38. The highest BCUT2D eigenvalue weighted by Gasteiger charge is 2.20. The van der Waals surface area contributed by atoms with E-state index in [4.69, 9.17) is 0 Å². The van der Waals surface area contributed by atoms with Gasteiger partial charge in [0.2, 0.25) is 10.0 Å². The summed E-state index contributed by atoms with van der Waals surface area (Å²) in [5, 5.41) is 5.67. The Balaban J connectivity index is 2.15. The Morgan fingerprint density at radius 1 is 1.00 bits per heavy atom. The summed E-state index contributed by atoms with van der Waals surface area (Å²) in [6.07, 6.45) is 0. The van der Waals surface area contributed by atoms with Gasteiger partial charge in [0, 0.05) is 19.8 Å². The van der Waals surface area contributed by atoms with Crippen molar-refractivity contribution in [3.63, 3.8) is 0 Å². The predicted octanol–water partition coefficient (Wildman–Crippen LogP) is 3.46. The molecule has 0 aliphatic rings. The normalized spacial score (nSPS) is 12.8. The molecule has 6 nitrogen and oxygen atoms in total. The average molecular weight is 375 g/mol. The van der Waals surface area contributed by atoms with Crippen LogP contribution in [0.4, 0.5) is 10.5 Å². The van der Waals surface area contributed by atoms with Crippen LogP contribution in [-0.4, -0.2) is 32.8 Å². The first-order chi connectivity index (χ1) is 12.2. The highest BCUT2D eigenvalue weighted by Crippen LogP contribution is 2.22. The maximum Gasteiger partial charge on any atom is 0.319 e. The Morgan fingerprint density at radius 2 is 1.65 bits per heavy atom. The average Bonchev–Trinajstić information content (AvgIpc) is 2.60. The molecule has 0 aromatic heterocycles. The van der Waals surface area contributed by atoms with Crippen molar-refractivity contribution in [2.45, 2.75) is 24.8 Å². The number of hydrogen-bond acceptors (Lipinski definition) is 3. The van der Waals surface area contributed by atoms with E-state index in [0.29, 0.717) is 5.69 Å². The van der Waals surface area contributed by atoms with E-state index in [1.807, 2.05) is 44.2 Å². The molecule has 7 heteroatoms. The van der Waals surface area contributed by atoms with Crippen molar-refractivity contribution in [1.29, 1.82) is 0 Å². The van der Waals surface area contributed by atoms with Crippen LogP contribution in [0.1, 0.15) is 25.5 Å². The van der Waals surface area contributed by atoms with E-state index in [-0.39, 0.29) is 22.9 Å². The van der Waals surface area contributed by atoms with Crippen LogP contribution in [0.2, 0.25) is 0 Å². The fourth-order valence-electron chi connectivity index (χ4n) is 2.55. The summed E-state index contributed by atoms with van der Waals surface area (Å²) in [4.78, 5) is 12.5. The second-order valence-electron chi connectivity index (χ2n) is 6.55. The minimum absolute atomic E-state index is 0.128. The molecule has 0 bridgehead atoms. The fraction of sp³-hybridized carbons (Fsp3) is 0.316. The third-order valence-corrected chi connectivity index (χ3v) is 5.79. The minimum Gasteiger partial charge on any atom is -0.331 e. The number of amides is 2. The molecule has 0 saturated heterocycles. The number of benzene rings is 2. The Morgan fingerprint density at radius 3 is 2.23 bits per heavy atom. The minimum atomic E-state index is -3.55. The standard InChI is InChI=1S/C19H25N3O3S/c1-14(2)18(15-9-6-5-7-10-15)21-19(23)20-16-11-8-12-17(13-16)26(24,25)22(3)4/h5-14,18H,1-4H3,(H2,20,21,23)/t18-/m0/s1. The number of carbonyl (C=O) groups is 1. The number of anilines is 1. The number of rotatable bonds is 6. The number of sulfonamides is 1. The SMILES string of the molecule is CC(C)[C@H](NC(=O)Nc1cccc(S(=O)(=O)N(C)C)c1)c1ccccc1. The van der Waals surface area contributed by atoms with E-state index in [1.54, 1.807) is 12.1 Å². The van der Waals surface area contributed by atoms with Gasteiger partial charge in [-0.1, -0.05) is 50.2 Å². The summed E-state index contributed by atoms with van der Waals surface area (Å²) in [6, 6.07) is 15.4. The van der Waals surface area contributed by atoms with Gasteiger partial charge in [0.25, 0.3) is 0 Å². The van der Waals surface area contributed by atoms with Gasteiger partial charge >= 0.3 is 6.03 Å². The maximum absolute atomic E-state index is 12.4. The van der Waals surface area contributed by atoms with Gasteiger partial charge in [-0.15, -0.1) is 0 Å². The van der Waals surface area contributed by atoms with Crippen LogP contribution < -0.4 is 10.6 Å². The van der Waals surface area contributed by atoms with Crippen molar-refractivity contribution >= 4 is 21.7 Å². The molecule has 2 aromatic rings. The monoisotopic (exact) mass is 375 g/mol. The molecule has 140 valence electrons. The van der Waals surface area contributed by atoms with Gasteiger partial charge in [-0.05, 0) is 29.7 Å². The molecule has 0 spiro atoms. The molecule has 0 unspecified atom stereocenters. The van der Waals surface area contributed by atoms with E-state index >= 15 is 0 Å². The van der Waals surface area contributed by atoms with Gasteiger partial charge in [-0.2, -0.15) is 0 Å². The zero-order chi connectivity index (χ0) is 19.3. The lowest BCUT2D eigenvalue weighted by molar-refractivity contribution is 0.244. The molecule has 0 fully saturated rings. The van der Waals surface area contributed by atoms with Crippen LogP contribution in [0.25, 0.3) is 0 Å². The van der Waals surface area contributed by atoms with E-state index in [9.17, 15) is 13.2 Å². The first kappa shape index (κ1) is 19.9. The molecule has 2 aromatic carbocycles. The summed E-state index contributed by atoms with van der Waals surface area (Å²) >= 11 is 0. The summed E-state index contributed by atoms with van der Waals surface area (Å²) in [5.74, 6) is 0.198. The van der Waals surface area contributed by atoms with Crippen molar-refractivity contribution in [2.75, 3.05) is 19.4 Å². The number of hydrogen-bond donors (Lipinski definition) is 2. The van der Waals surface area contributed by atoms with Gasteiger partial charge in [0.1, 0.15) is 0 Å². The fourth-order valence-corrected chi connectivity index (χ4v) is 3.50. The van der Waals surface area contributed by atoms with Crippen molar-refractivity contribution in [3.05, 3.63) is 60.2 Å². The zero-order valence-corrected chi connectivity index (χ0v) is 16.2. The summed E-state index contributed by atoms with van der Waals surface area (Å²) in [5.41, 5.74) is 1.43. The van der Waals surface area contributed by atoms with E-state index in [2.05, 4.69) is 10.6 Å². The summed E-state index contributed by atoms with van der Waals surface area (Å²) < 4.78 is 25.6. The lowest BCUT2D eigenvalue weighted by atomic mass is 9.96. The van der Waals surface area contributed by atoms with Crippen LogP contribution in [0, 0.1) is 5.92 Å². The molecule has 0 aliphatic carbocycles. The molecular weight excluding hydrogens is 350 g/mol. The molecule has 1 atom stereocenters. The van der Waals surface area contributed by atoms with Crippen LogP contribution >= 0.6 is 0 Å². The topological polar surface area (TPSA) is 78.5 Å². The van der Waals surface area contributed by atoms with E-state index < -0.39 is 10.0 Å². The molecule has 2 rings (SSSR count). The molecule has 0 heterocycles. The van der Waals surface area contributed by atoms with Crippen LogP contribution in [0.3, 0.4) is 0 Å². The largest absolute Gasteiger partial charge is 0.331 e. The summed E-state index contributed by atoms with van der Waals surface area (Å²) in [6.45, 7) is 4.06. The number of nitrogens with one attached hydrogen (secondary N) is 2. The molecule has 26 heavy (non-hydrogen) atoms. The number of carbonyl (C=O) groups excluding carboxylic acids is 1. The third-order valence-electron chi connectivity index (χ3n) is 3.98. The van der Waals surface area contributed by atoms with Gasteiger partial charge in [-0.25, -0.2) is 17.5 Å². The van der Waals surface area contributed by atoms with Gasteiger partial charge in [-0.3, -0.25) is 0 Å². The van der Waals surface area contributed by atoms with E-state index in [0.717, 1.165) is 9.87 Å². The quantitative estimate of drug-likeness (QED) is 0.812. The molecule has 0 radical (unpaired) electrons.